The number of hydrogen-bond donors (Lipinski definition) is 2. The Balaban J connectivity index is 2.25. The maximum Gasteiger partial charge on any atom is 0.211 e. The molecule has 2 atom stereocenters. The van der Waals surface area contributed by atoms with E-state index in [4.69, 9.17) is 0 Å². The van der Waals surface area contributed by atoms with Gasteiger partial charge in [-0.1, -0.05) is 33.1 Å². The van der Waals surface area contributed by atoms with E-state index in [0.29, 0.717) is 5.92 Å². The van der Waals surface area contributed by atoms with Crippen molar-refractivity contribution in [1.29, 1.82) is 0 Å². The highest BCUT2D eigenvalue weighted by atomic mass is 32.2. The van der Waals surface area contributed by atoms with Gasteiger partial charge in [-0.25, -0.2) is 13.1 Å². The van der Waals surface area contributed by atoms with Crippen LogP contribution < -0.4 is 10.0 Å². The molecular formula is C14H30N2O2S. The smallest absolute Gasteiger partial charge is 0.211 e. The Morgan fingerprint density at radius 3 is 2.63 bits per heavy atom. The summed E-state index contributed by atoms with van der Waals surface area (Å²) in [6.07, 6.45) is 7.29. The summed E-state index contributed by atoms with van der Waals surface area (Å²) in [4.78, 5) is 0. The van der Waals surface area contributed by atoms with Crippen molar-refractivity contribution < 1.29 is 8.42 Å². The van der Waals surface area contributed by atoms with Crippen LogP contribution in [-0.4, -0.2) is 33.3 Å². The van der Waals surface area contributed by atoms with Crippen LogP contribution in [-0.2, 0) is 10.0 Å². The van der Waals surface area contributed by atoms with Crippen LogP contribution in [0.2, 0.25) is 0 Å². The van der Waals surface area contributed by atoms with Gasteiger partial charge >= 0.3 is 0 Å². The SMILES string of the molecule is CCNCCCCS(=O)(=O)NC1CCCC(CC)C1. The van der Waals surface area contributed by atoms with Crippen LogP contribution in [0, 0.1) is 5.92 Å². The molecule has 0 saturated heterocycles. The molecule has 0 bridgehead atoms. The van der Waals surface area contributed by atoms with E-state index >= 15 is 0 Å². The van der Waals surface area contributed by atoms with Crippen LogP contribution in [0.15, 0.2) is 0 Å². The maximum atomic E-state index is 12.0. The van der Waals surface area contributed by atoms with Crippen molar-refractivity contribution in [3.8, 4) is 0 Å². The molecule has 0 radical (unpaired) electrons. The Labute approximate surface area is 118 Å². The van der Waals surface area contributed by atoms with Crippen molar-refractivity contribution in [1.82, 2.24) is 10.0 Å². The second-order valence-corrected chi connectivity index (χ2v) is 7.51. The van der Waals surface area contributed by atoms with Gasteiger partial charge in [0.05, 0.1) is 5.75 Å². The quantitative estimate of drug-likeness (QED) is 0.640. The summed E-state index contributed by atoms with van der Waals surface area (Å²) < 4.78 is 26.9. The molecule has 0 heterocycles. The fraction of sp³-hybridized carbons (Fsp3) is 1.00. The monoisotopic (exact) mass is 290 g/mol. The summed E-state index contributed by atoms with van der Waals surface area (Å²) in [6, 6.07) is 0.178. The van der Waals surface area contributed by atoms with E-state index < -0.39 is 10.0 Å². The van der Waals surface area contributed by atoms with Crippen molar-refractivity contribution in [3.05, 3.63) is 0 Å². The highest BCUT2D eigenvalue weighted by molar-refractivity contribution is 7.89. The van der Waals surface area contributed by atoms with Crippen LogP contribution in [0.4, 0.5) is 0 Å². The topological polar surface area (TPSA) is 58.2 Å². The Morgan fingerprint density at radius 1 is 1.16 bits per heavy atom. The molecule has 0 aromatic rings. The fourth-order valence-electron chi connectivity index (χ4n) is 2.80. The van der Waals surface area contributed by atoms with E-state index in [1.165, 1.54) is 12.8 Å². The minimum absolute atomic E-state index is 0.178. The zero-order valence-corrected chi connectivity index (χ0v) is 13.3. The first-order chi connectivity index (χ1) is 9.07. The second-order valence-electron chi connectivity index (χ2n) is 5.64. The average molecular weight is 290 g/mol. The summed E-state index contributed by atoms with van der Waals surface area (Å²) in [6.45, 7) is 6.12. The van der Waals surface area contributed by atoms with Crippen molar-refractivity contribution in [2.24, 2.45) is 5.92 Å². The van der Waals surface area contributed by atoms with Gasteiger partial charge in [-0.2, -0.15) is 0 Å². The lowest BCUT2D eigenvalue weighted by Gasteiger charge is -2.28. The molecule has 19 heavy (non-hydrogen) atoms. The molecular weight excluding hydrogens is 260 g/mol. The number of hydrogen-bond acceptors (Lipinski definition) is 3. The molecule has 5 heteroatoms. The largest absolute Gasteiger partial charge is 0.317 e. The molecule has 0 spiro atoms. The van der Waals surface area contributed by atoms with Gasteiger partial charge in [-0.15, -0.1) is 0 Å². The summed E-state index contributed by atoms with van der Waals surface area (Å²) in [5, 5.41) is 3.21. The van der Waals surface area contributed by atoms with Gasteiger partial charge < -0.3 is 5.32 Å². The Morgan fingerprint density at radius 2 is 1.95 bits per heavy atom. The van der Waals surface area contributed by atoms with Crippen LogP contribution in [0.1, 0.15) is 58.8 Å². The minimum atomic E-state index is -3.08. The third-order valence-electron chi connectivity index (χ3n) is 3.97. The highest BCUT2D eigenvalue weighted by Crippen LogP contribution is 2.26. The van der Waals surface area contributed by atoms with Gasteiger partial charge in [0.2, 0.25) is 10.0 Å². The van der Waals surface area contributed by atoms with E-state index in [1.54, 1.807) is 0 Å². The minimum Gasteiger partial charge on any atom is -0.317 e. The molecule has 0 aromatic carbocycles. The molecule has 2 N–H and O–H groups in total. The molecule has 1 rings (SSSR count). The normalized spacial score (nSPS) is 24.5. The van der Waals surface area contributed by atoms with Gasteiger partial charge in [-0.05, 0) is 44.7 Å². The van der Waals surface area contributed by atoms with Crippen molar-refractivity contribution >= 4 is 10.0 Å². The standard InChI is InChI=1S/C14H30N2O2S/c1-3-13-8-7-9-14(12-13)16-19(17,18)11-6-5-10-15-4-2/h13-16H,3-12H2,1-2H3. The molecule has 114 valence electrons. The van der Waals surface area contributed by atoms with Crippen molar-refractivity contribution in [2.75, 3.05) is 18.8 Å². The molecule has 0 aromatic heterocycles. The molecule has 4 nitrogen and oxygen atoms in total. The summed E-state index contributed by atoms with van der Waals surface area (Å²) in [5.41, 5.74) is 0. The number of sulfonamides is 1. The van der Waals surface area contributed by atoms with Gasteiger partial charge in [0.15, 0.2) is 0 Å². The number of unbranched alkanes of at least 4 members (excludes halogenated alkanes) is 1. The number of rotatable bonds is 9. The molecule has 2 unspecified atom stereocenters. The maximum absolute atomic E-state index is 12.0. The van der Waals surface area contributed by atoms with Crippen LogP contribution in [0.3, 0.4) is 0 Å². The van der Waals surface area contributed by atoms with E-state index in [1.807, 2.05) is 0 Å². The zero-order chi connectivity index (χ0) is 14.1. The van der Waals surface area contributed by atoms with Gasteiger partial charge in [-0.3, -0.25) is 0 Å². The molecule has 1 saturated carbocycles. The summed E-state index contributed by atoms with van der Waals surface area (Å²) >= 11 is 0. The van der Waals surface area contributed by atoms with E-state index in [-0.39, 0.29) is 11.8 Å². The van der Waals surface area contributed by atoms with Crippen molar-refractivity contribution in [2.45, 2.75) is 64.8 Å². The van der Waals surface area contributed by atoms with Crippen LogP contribution in [0.5, 0.6) is 0 Å². The molecule has 1 fully saturated rings. The Bertz CT molecular complexity index is 330. The lowest BCUT2D eigenvalue weighted by molar-refractivity contribution is 0.301. The average Bonchev–Trinajstić information content (AvgIpc) is 2.38. The van der Waals surface area contributed by atoms with Crippen LogP contribution in [0.25, 0.3) is 0 Å². The van der Waals surface area contributed by atoms with E-state index in [9.17, 15) is 8.42 Å². The summed E-state index contributed by atoms with van der Waals surface area (Å²) in [7, 11) is -3.08. The van der Waals surface area contributed by atoms with Crippen LogP contribution >= 0.6 is 0 Å². The molecule has 0 amide bonds. The lowest BCUT2D eigenvalue weighted by atomic mass is 9.85. The predicted octanol–water partition coefficient (Wildman–Crippen LogP) is 2.26. The Kier molecular flexibility index (Phi) is 7.95. The number of nitrogens with one attached hydrogen (secondary N) is 2. The zero-order valence-electron chi connectivity index (χ0n) is 12.5. The first-order valence-electron chi connectivity index (χ1n) is 7.78. The van der Waals surface area contributed by atoms with Gasteiger partial charge in [0.25, 0.3) is 0 Å². The second kappa shape index (κ2) is 8.93. The van der Waals surface area contributed by atoms with Gasteiger partial charge in [0, 0.05) is 6.04 Å². The highest BCUT2D eigenvalue weighted by Gasteiger charge is 2.24. The third kappa shape index (κ3) is 7.28. The Hall–Kier alpha value is -0.130. The first-order valence-corrected chi connectivity index (χ1v) is 9.43. The molecule has 0 aliphatic heterocycles. The predicted molar refractivity (Wildman–Crippen MR) is 80.7 cm³/mol. The summed E-state index contributed by atoms with van der Waals surface area (Å²) in [5.74, 6) is 0.973. The first kappa shape index (κ1) is 16.9. The molecule has 1 aliphatic carbocycles. The molecule has 1 aliphatic rings. The van der Waals surface area contributed by atoms with Gasteiger partial charge in [0.1, 0.15) is 0 Å². The fourth-order valence-corrected chi connectivity index (χ4v) is 4.22. The third-order valence-corrected chi connectivity index (χ3v) is 5.49. The van der Waals surface area contributed by atoms with Crippen molar-refractivity contribution in [3.63, 3.8) is 0 Å². The van der Waals surface area contributed by atoms with E-state index in [0.717, 1.165) is 45.2 Å². The lowest BCUT2D eigenvalue weighted by Crippen LogP contribution is -2.39. The van der Waals surface area contributed by atoms with E-state index in [2.05, 4.69) is 23.9 Å².